The number of hydrogen-bond donors (Lipinski definition) is 1. The van der Waals surface area contributed by atoms with E-state index in [1.54, 1.807) is 0 Å². The number of thiophene rings is 1. The van der Waals surface area contributed by atoms with Crippen molar-refractivity contribution in [1.29, 1.82) is 0 Å². The highest BCUT2D eigenvalue weighted by molar-refractivity contribution is 7.13. The van der Waals surface area contributed by atoms with Crippen molar-refractivity contribution in [2.45, 2.75) is 19.8 Å². The highest BCUT2D eigenvalue weighted by Gasteiger charge is 2.20. The van der Waals surface area contributed by atoms with Crippen molar-refractivity contribution in [2.24, 2.45) is 0 Å². The number of aromatic carboxylic acids is 1. The van der Waals surface area contributed by atoms with Crippen LogP contribution in [0.25, 0.3) is 10.8 Å². The van der Waals surface area contributed by atoms with Crippen molar-refractivity contribution in [3.63, 3.8) is 0 Å². The van der Waals surface area contributed by atoms with E-state index < -0.39 is 5.97 Å². The maximum Gasteiger partial charge on any atom is 0.358 e. The minimum Gasteiger partial charge on any atom is -0.476 e. The second kappa shape index (κ2) is 6.49. The first-order valence-corrected chi connectivity index (χ1v) is 6.95. The van der Waals surface area contributed by atoms with Crippen LogP contribution in [0.5, 0.6) is 0 Å². The van der Waals surface area contributed by atoms with Crippen LogP contribution in [0.3, 0.4) is 0 Å². The average Bonchev–Trinajstić information content (AvgIpc) is 3.03. The minimum atomic E-state index is -1.06. The van der Waals surface area contributed by atoms with Gasteiger partial charge in [0.05, 0.1) is 4.88 Å². The van der Waals surface area contributed by atoms with Gasteiger partial charge in [0.2, 0.25) is 5.89 Å². The molecule has 19 heavy (non-hydrogen) atoms. The van der Waals surface area contributed by atoms with Crippen LogP contribution < -0.4 is 0 Å². The maximum atomic E-state index is 11.1. The van der Waals surface area contributed by atoms with Crippen LogP contribution in [0.2, 0.25) is 0 Å². The van der Waals surface area contributed by atoms with E-state index in [0.717, 1.165) is 4.88 Å². The van der Waals surface area contributed by atoms with E-state index in [0.29, 0.717) is 37.7 Å². The number of carbonyl (C=O) groups is 1. The number of aromatic nitrogens is 1. The third kappa shape index (κ3) is 3.42. The standard InChI is InChI=1S/C13H15NO4S/c1-2-17-7-3-5-9-11(13(15)16)14-12(18-9)10-6-4-8-19-10/h4,6,8H,2-3,5,7H2,1H3,(H,15,16). The molecule has 0 atom stereocenters. The van der Waals surface area contributed by atoms with Crippen molar-refractivity contribution >= 4 is 17.3 Å². The number of oxazole rings is 1. The molecule has 0 bridgehead atoms. The van der Waals surface area contributed by atoms with Crippen molar-refractivity contribution in [2.75, 3.05) is 13.2 Å². The third-order valence-electron chi connectivity index (χ3n) is 2.53. The van der Waals surface area contributed by atoms with Crippen LogP contribution in [0.1, 0.15) is 29.6 Å². The Bertz CT molecular complexity index is 533. The second-order valence-corrected chi connectivity index (χ2v) is 4.82. The average molecular weight is 281 g/mol. The Balaban J connectivity index is 2.14. The Morgan fingerprint density at radius 1 is 1.58 bits per heavy atom. The number of ether oxygens (including phenoxy) is 1. The molecule has 0 aromatic carbocycles. The van der Waals surface area contributed by atoms with E-state index in [1.807, 2.05) is 24.4 Å². The van der Waals surface area contributed by atoms with Gasteiger partial charge >= 0.3 is 5.97 Å². The summed E-state index contributed by atoms with van der Waals surface area (Å²) in [4.78, 5) is 16.0. The van der Waals surface area contributed by atoms with Gasteiger partial charge in [0.1, 0.15) is 5.76 Å². The Labute approximate surface area is 114 Å². The van der Waals surface area contributed by atoms with E-state index >= 15 is 0 Å². The Morgan fingerprint density at radius 2 is 2.42 bits per heavy atom. The fourth-order valence-corrected chi connectivity index (χ4v) is 2.32. The molecule has 0 aliphatic heterocycles. The zero-order chi connectivity index (χ0) is 13.7. The lowest BCUT2D eigenvalue weighted by atomic mass is 10.2. The van der Waals surface area contributed by atoms with Crippen molar-refractivity contribution in [3.8, 4) is 10.8 Å². The van der Waals surface area contributed by atoms with Crippen LogP contribution >= 0.6 is 11.3 Å². The molecular weight excluding hydrogens is 266 g/mol. The van der Waals surface area contributed by atoms with Crippen molar-refractivity contribution in [1.82, 2.24) is 4.98 Å². The maximum absolute atomic E-state index is 11.1. The largest absolute Gasteiger partial charge is 0.476 e. The number of nitrogens with zero attached hydrogens (tertiary/aromatic N) is 1. The first kappa shape index (κ1) is 13.8. The number of aryl methyl sites for hydroxylation is 1. The molecule has 0 amide bonds. The predicted molar refractivity (Wildman–Crippen MR) is 71.6 cm³/mol. The molecule has 0 radical (unpaired) electrons. The fraction of sp³-hybridized carbons (Fsp3) is 0.385. The van der Waals surface area contributed by atoms with Crippen LogP contribution in [0.4, 0.5) is 0 Å². The lowest BCUT2D eigenvalue weighted by molar-refractivity contribution is 0.0688. The first-order valence-electron chi connectivity index (χ1n) is 6.07. The van der Waals surface area contributed by atoms with Gasteiger partial charge in [-0.05, 0) is 24.8 Å². The third-order valence-corrected chi connectivity index (χ3v) is 3.39. The molecule has 2 heterocycles. The SMILES string of the molecule is CCOCCCc1oc(-c2cccs2)nc1C(=O)O. The summed E-state index contributed by atoms with van der Waals surface area (Å²) >= 11 is 1.47. The molecule has 0 spiro atoms. The first-order chi connectivity index (χ1) is 9.22. The van der Waals surface area contributed by atoms with Gasteiger partial charge in [0.25, 0.3) is 0 Å². The highest BCUT2D eigenvalue weighted by atomic mass is 32.1. The van der Waals surface area contributed by atoms with E-state index in [-0.39, 0.29) is 5.69 Å². The Kier molecular flexibility index (Phi) is 4.70. The molecule has 0 aliphatic carbocycles. The zero-order valence-corrected chi connectivity index (χ0v) is 11.4. The summed E-state index contributed by atoms with van der Waals surface area (Å²) in [6, 6.07) is 3.73. The topological polar surface area (TPSA) is 72.6 Å². The summed E-state index contributed by atoms with van der Waals surface area (Å²) in [5.74, 6) is -0.271. The summed E-state index contributed by atoms with van der Waals surface area (Å²) in [6.07, 6.45) is 1.23. The minimum absolute atomic E-state index is 0.0000940. The number of carboxylic acid groups (broad SMARTS) is 1. The van der Waals surface area contributed by atoms with Gasteiger partial charge in [-0.25, -0.2) is 9.78 Å². The summed E-state index contributed by atoms with van der Waals surface area (Å²) in [7, 11) is 0. The van der Waals surface area contributed by atoms with Gasteiger partial charge < -0.3 is 14.3 Å². The monoisotopic (exact) mass is 281 g/mol. The lowest BCUT2D eigenvalue weighted by Gasteiger charge is -1.99. The van der Waals surface area contributed by atoms with Crippen LogP contribution in [-0.2, 0) is 11.2 Å². The van der Waals surface area contributed by atoms with E-state index in [4.69, 9.17) is 14.3 Å². The van der Waals surface area contributed by atoms with Crippen LogP contribution in [0, 0.1) is 0 Å². The fourth-order valence-electron chi connectivity index (χ4n) is 1.67. The summed E-state index contributed by atoms with van der Waals surface area (Å²) in [6.45, 7) is 3.17. The molecule has 5 nitrogen and oxygen atoms in total. The number of hydrogen-bond acceptors (Lipinski definition) is 5. The van der Waals surface area contributed by atoms with Gasteiger partial charge in [0.15, 0.2) is 5.69 Å². The lowest BCUT2D eigenvalue weighted by Crippen LogP contribution is -2.03. The molecule has 2 rings (SSSR count). The molecule has 2 aromatic heterocycles. The molecule has 102 valence electrons. The molecule has 0 saturated heterocycles. The summed E-state index contributed by atoms with van der Waals surface area (Å²) in [5, 5.41) is 11.0. The molecule has 0 aliphatic rings. The van der Waals surface area contributed by atoms with E-state index in [9.17, 15) is 4.79 Å². The van der Waals surface area contributed by atoms with Gasteiger partial charge in [-0.3, -0.25) is 0 Å². The molecule has 0 unspecified atom stereocenters. The Hall–Kier alpha value is -1.66. The number of rotatable bonds is 7. The second-order valence-electron chi connectivity index (χ2n) is 3.87. The molecule has 2 aromatic rings. The summed E-state index contributed by atoms with van der Waals surface area (Å²) in [5.41, 5.74) is -0.0000940. The van der Waals surface area contributed by atoms with E-state index in [2.05, 4.69) is 4.98 Å². The highest BCUT2D eigenvalue weighted by Crippen LogP contribution is 2.26. The van der Waals surface area contributed by atoms with Crippen LogP contribution in [-0.4, -0.2) is 29.3 Å². The molecular formula is C13H15NO4S. The molecule has 1 N–H and O–H groups in total. The quantitative estimate of drug-likeness (QED) is 0.790. The summed E-state index contributed by atoms with van der Waals surface area (Å²) < 4.78 is 10.8. The molecule has 0 fully saturated rings. The van der Waals surface area contributed by atoms with Gasteiger partial charge in [0, 0.05) is 19.6 Å². The van der Waals surface area contributed by atoms with Crippen molar-refractivity contribution in [3.05, 3.63) is 29.0 Å². The van der Waals surface area contributed by atoms with Crippen molar-refractivity contribution < 1.29 is 19.1 Å². The van der Waals surface area contributed by atoms with E-state index in [1.165, 1.54) is 11.3 Å². The number of carboxylic acids is 1. The molecule has 0 saturated carbocycles. The van der Waals surface area contributed by atoms with Gasteiger partial charge in [-0.1, -0.05) is 6.07 Å². The molecule has 6 heteroatoms. The van der Waals surface area contributed by atoms with Gasteiger partial charge in [-0.2, -0.15) is 0 Å². The van der Waals surface area contributed by atoms with Crippen LogP contribution in [0.15, 0.2) is 21.9 Å². The normalized spacial score (nSPS) is 10.8. The smallest absolute Gasteiger partial charge is 0.358 e. The van der Waals surface area contributed by atoms with Gasteiger partial charge in [-0.15, -0.1) is 11.3 Å². The zero-order valence-electron chi connectivity index (χ0n) is 10.6. The predicted octanol–water partition coefficient (Wildman–Crippen LogP) is 3.07. The Morgan fingerprint density at radius 3 is 3.05 bits per heavy atom.